The highest BCUT2D eigenvalue weighted by Gasteiger charge is 2.22. The van der Waals surface area contributed by atoms with Crippen LogP contribution < -0.4 is 16.4 Å². The van der Waals surface area contributed by atoms with Crippen LogP contribution in [0.15, 0.2) is 12.4 Å². The van der Waals surface area contributed by atoms with Crippen LogP contribution in [0.25, 0.3) is 0 Å². The Hall–Kier alpha value is -1.85. The lowest BCUT2D eigenvalue weighted by molar-refractivity contribution is -0.119. The Balaban J connectivity index is 1.95. The summed E-state index contributed by atoms with van der Waals surface area (Å²) in [7, 11) is 0. The van der Waals surface area contributed by atoms with Crippen LogP contribution in [-0.2, 0) is 4.79 Å². The Morgan fingerprint density at radius 1 is 1.35 bits per heavy atom. The van der Waals surface area contributed by atoms with Crippen LogP contribution in [0.2, 0.25) is 0 Å². The van der Waals surface area contributed by atoms with Crippen LogP contribution in [0.4, 0.5) is 11.6 Å². The summed E-state index contributed by atoms with van der Waals surface area (Å²) in [5.74, 6) is 1.37. The van der Waals surface area contributed by atoms with Crippen molar-refractivity contribution >= 4 is 17.5 Å². The largest absolute Gasteiger partial charge is 0.381 e. The topological polar surface area (TPSA) is 98.1 Å². The van der Waals surface area contributed by atoms with E-state index in [9.17, 15) is 4.79 Å². The van der Waals surface area contributed by atoms with E-state index in [2.05, 4.69) is 14.9 Å². The molecule has 0 saturated carbocycles. The number of carbonyl (C=O) groups excluding carboxylic acids is 1. The number of hydrogen-bond donors (Lipinski definition) is 2. The van der Waals surface area contributed by atoms with Gasteiger partial charge in [-0.25, -0.2) is 9.97 Å². The molecule has 1 aromatic heterocycles. The number of rotatable bonds is 3. The molecule has 0 bridgehead atoms. The molecule has 1 amide bonds. The lowest BCUT2D eigenvalue weighted by Gasteiger charge is -2.32. The molecular formula is C11H17N5O. The van der Waals surface area contributed by atoms with E-state index < -0.39 is 0 Å². The average Bonchev–Trinajstić information content (AvgIpc) is 2.30. The van der Waals surface area contributed by atoms with Gasteiger partial charge in [0.25, 0.3) is 0 Å². The molecule has 17 heavy (non-hydrogen) atoms. The van der Waals surface area contributed by atoms with E-state index in [1.807, 2.05) is 0 Å². The zero-order chi connectivity index (χ0) is 12.3. The molecule has 1 aromatic rings. The van der Waals surface area contributed by atoms with Crippen LogP contribution in [0.3, 0.4) is 0 Å². The van der Waals surface area contributed by atoms with E-state index in [1.165, 1.54) is 0 Å². The normalized spacial score (nSPS) is 17.1. The second kappa shape index (κ2) is 4.99. The summed E-state index contributed by atoms with van der Waals surface area (Å²) in [5.41, 5.74) is 11.0. The second-order valence-electron chi connectivity index (χ2n) is 4.37. The number of carbonyl (C=O) groups is 1. The van der Waals surface area contributed by atoms with Crippen molar-refractivity contribution in [2.45, 2.75) is 19.3 Å². The first-order valence-corrected chi connectivity index (χ1v) is 5.76. The van der Waals surface area contributed by atoms with Gasteiger partial charge < -0.3 is 16.4 Å². The average molecular weight is 235 g/mol. The fraction of sp³-hybridized carbons (Fsp3) is 0.545. The molecule has 0 radical (unpaired) electrons. The van der Waals surface area contributed by atoms with Crippen molar-refractivity contribution < 1.29 is 4.79 Å². The van der Waals surface area contributed by atoms with Gasteiger partial charge in [-0.3, -0.25) is 4.79 Å². The number of hydrogen-bond acceptors (Lipinski definition) is 5. The summed E-state index contributed by atoms with van der Waals surface area (Å²) < 4.78 is 0. The van der Waals surface area contributed by atoms with Gasteiger partial charge in [0.2, 0.25) is 5.91 Å². The van der Waals surface area contributed by atoms with E-state index in [0.717, 1.165) is 31.7 Å². The van der Waals surface area contributed by atoms with Gasteiger partial charge in [-0.1, -0.05) is 0 Å². The van der Waals surface area contributed by atoms with Gasteiger partial charge in [-0.05, 0) is 18.8 Å². The third-order valence-electron chi connectivity index (χ3n) is 3.11. The van der Waals surface area contributed by atoms with Gasteiger partial charge in [0, 0.05) is 31.9 Å². The number of aromatic nitrogens is 2. The maximum absolute atomic E-state index is 10.8. The van der Waals surface area contributed by atoms with Crippen LogP contribution >= 0.6 is 0 Å². The van der Waals surface area contributed by atoms with Gasteiger partial charge in [0.05, 0.1) is 0 Å². The monoisotopic (exact) mass is 235 g/mol. The van der Waals surface area contributed by atoms with Crippen molar-refractivity contribution in [1.29, 1.82) is 0 Å². The zero-order valence-electron chi connectivity index (χ0n) is 9.67. The molecule has 6 nitrogen and oxygen atoms in total. The SMILES string of the molecule is NC(=O)CC1CCN(c2nccnc2N)CC1. The first kappa shape index (κ1) is 11.6. The van der Waals surface area contributed by atoms with Gasteiger partial charge in [0.15, 0.2) is 11.6 Å². The van der Waals surface area contributed by atoms with E-state index >= 15 is 0 Å². The number of anilines is 2. The maximum Gasteiger partial charge on any atom is 0.217 e. The molecule has 0 spiro atoms. The second-order valence-corrected chi connectivity index (χ2v) is 4.37. The molecule has 0 unspecified atom stereocenters. The summed E-state index contributed by atoms with van der Waals surface area (Å²) in [6.45, 7) is 1.70. The quantitative estimate of drug-likeness (QED) is 0.777. The molecule has 2 heterocycles. The van der Waals surface area contributed by atoms with Gasteiger partial charge in [-0.2, -0.15) is 0 Å². The first-order chi connectivity index (χ1) is 8.16. The van der Waals surface area contributed by atoms with E-state index in [-0.39, 0.29) is 5.91 Å². The molecule has 2 rings (SSSR count). The van der Waals surface area contributed by atoms with E-state index in [4.69, 9.17) is 11.5 Å². The number of nitrogens with zero attached hydrogens (tertiary/aromatic N) is 3. The van der Waals surface area contributed by atoms with E-state index in [0.29, 0.717) is 18.2 Å². The summed E-state index contributed by atoms with van der Waals surface area (Å²) >= 11 is 0. The minimum Gasteiger partial charge on any atom is -0.381 e. The third kappa shape index (κ3) is 2.83. The van der Waals surface area contributed by atoms with Gasteiger partial charge in [0.1, 0.15) is 0 Å². The van der Waals surface area contributed by atoms with E-state index in [1.54, 1.807) is 12.4 Å². The number of nitrogen functional groups attached to an aromatic ring is 1. The summed E-state index contributed by atoms with van der Waals surface area (Å²) in [6.07, 6.45) is 5.58. The highest BCUT2D eigenvalue weighted by Crippen LogP contribution is 2.25. The standard InChI is InChI=1S/C11H17N5O/c12-9(17)7-8-1-5-16(6-2-8)11-10(13)14-3-4-15-11/h3-4,8H,1-2,5-7H2,(H2,12,17)(H2,13,14). The lowest BCUT2D eigenvalue weighted by Crippen LogP contribution is -2.36. The molecule has 6 heteroatoms. The number of amides is 1. The Kier molecular flexibility index (Phi) is 3.41. The number of piperidine rings is 1. The highest BCUT2D eigenvalue weighted by molar-refractivity contribution is 5.74. The van der Waals surface area contributed by atoms with Crippen molar-refractivity contribution in [2.75, 3.05) is 23.7 Å². The summed E-state index contributed by atoms with van der Waals surface area (Å²) in [6, 6.07) is 0. The predicted molar refractivity (Wildman–Crippen MR) is 65.2 cm³/mol. The highest BCUT2D eigenvalue weighted by atomic mass is 16.1. The molecule has 4 N–H and O–H groups in total. The predicted octanol–water partition coefficient (Wildman–Crippen LogP) is 0.151. The molecule has 1 aliphatic heterocycles. The Morgan fingerprint density at radius 2 is 2.00 bits per heavy atom. The molecule has 92 valence electrons. The smallest absolute Gasteiger partial charge is 0.217 e. The molecule has 1 saturated heterocycles. The van der Waals surface area contributed by atoms with Crippen molar-refractivity contribution in [2.24, 2.45) is 11.7 Å². The minimum absolute atomic E-state index is 0.220. The molecule has 0 aliphatic carbocycles. The van der Waals surface area contributed by atoms with Crippen molar-refractivity contribution in [3.8, 4) is 0 Å². The molecule has 1 fully saturated rings. The Labute approximate surface area is 100 Å². The number of nitrogens with two attached hydrogens (primary N) is 2. The molecular weight excluding hydrogens is 218 g/mol. The third-order valence-corrected chi connectivity index (χ3v) is 3.11. The van der Waals surface area contributed by atoms with Crippen molar-refractivity contribution in [1.82, 2.24) is 9.97 Å². The molecule has 0 atom stereocenters. The number of primary amides is 1. The van der Waals surface area contributed by atoms with Crippen LogP contribution in [-0.4, -0.2) is 29.0 Å². The molecule has 1 aliphatic rings. The van der Waals surface area contributed by atoms with Gasteiger partial charge in [-0.15, -0.1) is 0 Å². The fourth-order valence-corrected chi connectivity index (χ4v) is 2.22. The zero-order valence-corrected chi connectivity index (χ0v) is 9.67. The summed E-state index contributed by atoms with van der Waals surface area (Å²) in [4.78, 5) is 21.2. The van der Waals surface area contributed by atoms with Crippen LogP contribution in [0, 0.1) is 5.92 Å². The van der Waals surface area contributed by atoms with Crippen molar-refractivity contribution in [3.05, 3.63) is 12.4 Å². The summed E-state index contributed by atoms with van der Waals surface area (Å²) in [5, 5.41) is 0. The van der Waals surface area contributed by atoms with Crippen molar-refractivity contribution in [3.63, 3.8) is 0 Å². The minimum atomic E-state index is -0.220. The van der Waals surface area contributed by atoms with Crippen LogP contribution in [0.1, 0.15) is 19.3 Å². The molecule has 0 aromatic carbocycles. The van der Waals surface area contributed by atoms with Gasteiger partial charge >= 0.3 is 0 Å². The Morgan fingerprint density at radius 3 is 2.59 bits per heavy atom. The fourth-order valence-electron chi connectivity index (χ4n) is 2.22. The lowest BCUT2D eigenvalue weighted by atomic mass is 9.93. The van der Waals surface area contributed by atoms with Crippen LogP contribution in [0.5, 0.6) is 0 Å². The Bertz CT molecular complexity index is 401. The first-order valence-electron chi connectivity index (χ1n) is 5.76. The maximum atomic E-state index is 10.8.